The molecular formula is C15H33NS. The molecule has 0 rings (SSSR count). The van der Waals surface area contributed by atoms with Gasteiger partial charge >= 0.3 is 0 Å². The molecule has 0 heterocycles. The fraction of sp³-hybridized carbons (Fsp3) is 1.00. The van der Waals surface area contributed by atoms with Crippen molar-refractivity contribution in [1.82, 2.24) is 5.32 Å². The van der Waals surface area contributed by atoms with Gasteiger partial charge in [-0.15, -0.1) is 0 Å². The van der Waals surface area contributed by atoms with Crippen LogP contribution in [0.1, 0.15) is 71.6 Å². The lowest BCUT2D eigenvalue weighted by Crippen LogP contribution is -2.26. The zero-order valence-corrected chi connectivity index (χ0v) is 13.1. The summed E-state index contributed by atoms with van der Waals surface area (Å²) in [6.45, 7) is 5.83. The molecule has 1 N–H and O–H groups in total. The van der Waals surface area contributed by atoms with Crippen LogP contribution in [-0.4, -0.2) is 24.6 Å². The normalized spacial score (nSPS) is 12.9. The molecule has 1 atom stereocenters. The van der Waals surface area contributed by atoms with Crippen molar-refractivity contribution >= 4 is 11.8 Å². The predicted octanol–water partition coefficient (Wildman–Crippen LogP) is 4.86. The van der Waals surface area contributed by atoms with E-state index in [1.807, 2.05) is 11.8 Å². The van der Waals surface area contributed by atoms with E-state index in [1.54, 1.807) is 0 Å². The molecular weight excluding hydrogens is 226 g/mol. The second kappa shape index (κ2) is 14.4. The molecule has 0 fully saturated rings. The van der Waals surface area contributed by atoms with Gasteiger partial charge in [0.15, 0.2) is 0 Å². The van der Waals surface area contributed by atoms with Crippen molar-refractivity contribution in [3.05, 3.63) is 0 Å². The maximum absolute atomic E-state index is 3.64. The van der Waals surface area contributed by atoms with E-state index in [0.717, 1.165) is 6.04 Å². The van der Waals surface area contributed by atoms with Crippen LogP contribution in [0.25, 0.3) is 0 Å². The van der Waals surface area contributed by atoms with Crippen LogP contribution >= 0.6 is 11.8 Å². The quantitative estimate of drug-likeness (QED) is 0.474. The molecule has 0 aliphatic heterocycles. The van der Waals surface area contributed by atoms with E-state index < -0.39 is 0 Å². The Labute approximate surface area is 114 Å². The fourth-order valence-electron chi connectivity index (χ4n) is 2.05. The molecule has 17 heavy (non-hydrogen) atoms. The number of nitrogens with one attached hydrogen (secondary N) is 1. The Morgan fingerprint density at radius 3 is 2.35 bits per heavy atom. The summed E-state index contributed by atoms with van der Waals surface area (Å²) in [7, 11) is 0. The topological polar surface area (TPSA) is 12.0 Å². The van der Waals surface area contributed by atoms with Gasteiger partial charge in [0, 0.05) is 6.04 Å². The summed E-state index contributed by atoms with van der Waals surface area (Å²) in [5.41, 5.74) is 0. The Kier molecular flexibility index (Phi) is 14.6. The molecule has 0 spiro atoms. The number of hydrogen-bond acceptors (Lipinski definition) is 2. The molecule has 0 aliphatic carbocycles. The van der Waals surface area contributed by atoms with Gasteiger partial charge in [0.2, 0.25) is 0 Å². The van der Waals surface area contributed by atoms with E-state index in [-0.39, 0.29) is 0 Å². The molecule has 0 aromatic rings. The van der Waals surface area contributed by atoms with Gasteiger partial charge in [0.25, 0.3) is 0 Å². The van der Waals surface area contributed by atoms with Gasteiger partial charge in [0.1, 0.15) is 0 Å². The summed E-state index contributed by atoms with van der Waals surface area (Å²) in [6, 6.07) is 0.720. The van der Waals surface area contributed by atoms with Crippen LogP contribution in [0.5, 0.6) is 0 Å². The first kappa shape index (κ1) is 17.3. The van der Waals surface area contributed by atoms with Gasteiger partial charge in [-0.2, -0.15) is 11.8 Å². The summed E-state index contributed by atoms with van der Waals surface area (Å²) in [6.07, 6.45) is 14.7. The Morgan fingerprint density at radius 2 is 1.65 bits per heavy atom. The lowest BCUT2D eigenvalue weighted by molar-refractivity contribution is 0.471. The Bertz CT molecular complexity index is 139. The zero-order chi connectivity index (χ0) is 12.8. The smallest absolute Gasteiger partial charge is 0.00387 e. The number of thioether (sulfide) groups is 1. The maximum atomic E-state index is 3.64. The van der Waals surface area contributed by atoms with E-state index in [2.05, 4.69) is 25.4 Å². The van der Waals surface area contributed by atoms with Gasteiger partial charge in [0.05, 0.1) is 0 Å². The van der Waals surface area contributed by atoms with E-state index >= 15 is 0 Å². The fourth-order valence-corrected chi connectivity index (χ4v) is 2.55. The summed E-state index contributed by atoms with van der Waals surface area (Å²) >= 11 is 1.96. The van der Waals surface area contributed by atoms with Gasteiger partial charge in [-0.25, -0.2) is 0 Å². The lowest BCUT2D eigenvalue weighted by Gasteiger charge is -2.13. The first-order valence-corrected chi connectivity index (χ1v) is 8.93. The zero-order valence-electron chi connectivity index (χ0n) is 12.3. The van der Waals surface area contributed by atoms with Crippen LogP contribution in [0.4, 0.5) is 0 Å². The van der Waals surface area contributed by atoms with Crippen molar-refractivity contribution in [2.24, 2.45) is 0 Å². The van der Waals surface area contributed by atoms with E-state index in [4.69, 9.17) is 0 Å². The van der Waals surface area contributed by atoms with Crippen LogP contribution in [0.3, 0.4) is 0 Å². The van der Waals surface area contributed by atoms with Crippen LogP contribution in [0.15, 0.2) is 0 Å². The van der Waals surface area contributed by atoms with Crippen LogP contribution in [0, 0.1) is 0 Å². The molecule has 0 saturated carbocycles. The van der Waals surface area contributed by atoms with Crippen molar-refractivity contribution < 1.29 is 0 Å². The Hall–Kier alpha value is 0.310. The summed E-state index contributed by atoms with van der Waals surface area (Å²) in [4.78, 5) is 0. The molecule has 0 aromatic heterocycles. The number of hydrogen-bond donors (Lipinski definition) is 1. The highest BCUT2D eigenvalue weighted by molar-refractivity contribution is 7.98. The minimum atomic E-state index is 0.720. The summed E-state index contributed by atoms with van der Waals surface area (Å²) < 4.78 is 0. The Balaban J connectivity index is 3.09. The van der Waals surface area contributed by atoms with Gasteiger partial charge in [-0.3, -0.25) is 0 Å². The largest absolute Gasteiger partial charge is 0.314 e. The average Bonchev–Trinajstić information content (AvgIpc) is 2.33. The van der Waals surface area contributed by atoms with Crippen LogP contribution in [0.2, 0.25) is 0 Å². The monoisotopic (exact) mass is 259 g/mol. The van der Waals surface area contributed by atoms with E-state index in [0.29, 0.717) is 0 Å². The second-order valence-corrected chi connectivity index (χ2v) is 6.10. The van der Waals surface area contributed by atoms with Gasteiger partial charge in [-0.1, -0.05) is 45.4 Å². The van der Waals surface area contributed by atoms with Crippen molar-refractivity contribution in [3.8, 4) is 0 Å². The molecule has 0 amide bonds. The highest BCUT2D eigenvalue weighted by atomic mass is 32.2. The highest BCUT2D eigenvalue weighted by Gasteiger charge is 2.00. The van der Waals surface area contributed by atoms with Crippen molar-refractivity contribution in [2.45, 2.75) is 77.7 Å². The van der Waals surface area contributed by atoms with Crippen LogP contribution in [-0.2, 0) is 0 Å². The van der Waals surface area contributed by atoms with E-state index in [1.165, 1.54) is 70.1 Å². The third-order valence-electron chi connectivity index (χ3n) is 3.26. The summed E-state index contributed by atoms with van der Waals surface area (Å²) in [5, 5.41) is 3.64. The van der Waals surface area contributed by atoms with Crippen molar-refractivity contribution in [1.29, 1.82) is 0 Å². The molecule has 1 nitrogen and oxygen atoms in total. The highest BCUT2D eigenvalue weighted by Crippen LogP contribution is 2.07. The van der Waals surface area contributed by atoms with E-state index in [9.17, 15) is 0 Å². The predicted molar refractivity (Wildman–Crippen MR) is 83.1 cm³/mol. The van der Waals surface area contributed by atoms with Gasteiger partial charge < -0.3 is 5.32 Å². The average molecular weight is 260 g/mol. The minimum Gasteiger partial charge on any atom is -0.314 e. The summed E-state index contributed by atoms with van der Waals surface area (Å²) in [5.74, 6) is 1.33. The Morgan fingerprint density at radius 1 is 0.941 bits per heavy atom. The molecule has 0 bridgehead atoms. The number of unbranched alkanes of at least 4 members (excludes halogenated alkanes) is 6. The second-order valence-electron chi connectivity index (χ2n) is 5.11. The van der Waals surface area contributed by atoms with Crippen LogP contribution < -0.4 is 5.32 Å². The first-order chi connectivity index (χ1) is 8.31. The SMILES string of the molecule is CCCCCCCC(C)NCCCCCSC. The third-order valence-corrected chi connectivity index (χ3v) is 3.96. The third kappa shape index (κ3) is 14.2. The number of rotatable bonds is 13. The van der Waals surface area contributed by atoms with Gasteiger partial charge in [-0.05, 0) is 44.7 Å². The molecule has 0 aliphatic rings. The molecule has 104 valence electrons. The lowest BCUT2D eigenvalue weighted by atomic mass is 10.1. The maximum Gasteiger partial charge on any atom is 0.00387 e. The molecule has 1 unspecified atom stereocenters. The standard InChI is InChI=1S/C15H33NS/c1-4-5-6-7-9-12-15(2)16-13-10-8-11-14-17-3/h15-16H,4-14H2,1-3H3. The molecule has 0 saturated heterocycles. The first-order valence-electron chi connectivity index (χ1n) is 7.53. The molecule has 2 heteroatoms. The molecule has 0 radical (unpaired) electrons. The van der Waals surface area contributed by atoms with Crippen molar-refractivity contribution in [2.75, 3.05) is 18.6 Å². The van der Waals surface area contributed by atoms with Crippen molar-refractivity contribution in [3.63, 3.8) is 0 Å². The minimum absolute atomic E-state index is 0.720. The molecule has 0 aromatic carbocycles.